The zero-order valence-corrected chi connectivity index (χ0v) is 14.7. The molecule has 0 spiro atoms. The third-order valence-electron chi connectivity index (χ3n) is 3.03. The van der Waals surface area contributed by atoms with Crippen LogP contribution in [0.4, 0.5) is 0 Å². The molecule has 9 heteroatoms. The first-order valence-electron chi connectivity index (χ1n) is 7.18. The Hall–Kier alpha value is -1.18. The molecule has 0 saturated carbocycles. The van der Waals surface area contributed by atoms with Gasteiger partial charge >= 0.3 is 13.6 Å². The van der Waals surface area contributed by atoms with Crippen LogP contribution in [0, 0.1) is 0 Å². The molecule has 1 aromatic rings. The minimum Gasteiger partial charge on any atom is -0.460 e. The molecule has 8 nitrogen and oxygen atoms in total. The zero-order chi connectivity index (χ0) is 17.3. The molecule has 0 amide bonds. The highest BCUT2D eigenvalue weighted by Gasteiger charge is 2.52. The molecule has 1 rings (SSSR count). The van der Waals surface area contributed by atoms with Gasteiger partial charge in [0.15, 0.2) is 0 Å². The van der Waals surface area contributed by atoms with Gasteiger partial charge < -0.3 is 27.7 Å². The van der Waals surface area contributed by atoms with E-state index < -0.39 is 19.1 Å². The molecule has 0 fully saturated rings. The second-order valence-electron chi connectivity index (χ2n) is 4.32. The van der Waals surface area contributed by atoms with Crippen molar-refractivity contribution in [3.05, 3.63) is 24.2 Å². The quantitative estimate of drug-likeness (QED) is 0.341. The van der Waals surface area contributed by atoms with Crippen LogP contribution in [-0.2, 0) is 27.8 Å². The molecular formula is C14H23O8P. The number of carbonyl (C=O) groups excluding carboxylic acids is 1. The molecule has 23 heavy (non-hydrogen) atoms. The zero-order valence-electron chi connectivity index (χ0n) is 13.8. The van der Waals surface area contributed by atoms with Gasteiger partial charge in [-0.1, -0.05) is 0 Å². The van der Waals surface area contributed by atoms with E-state index >= 15 is 0 Å². The molecule has 0 atom stereocenters. The Morgan fingerprint density at radius 1 is 1.22 bits per heavy atom. The van der Waals surface area contributed by atoms with Gasteiger partial charge in [0.2, 0.25) is 5.76 Å². The van der Waals surface area contributed by atoms with Crippen molar-refractivity contribution < 1.29 is 37.0 Å². The van der Waals surface area contributed by atoms with Crippen LogP contribution in [0.5, 0.6) is 0 Å². The first-order chi connectivity index (χ1) is 11.0. The fourth-order valence-electron chi connectivity index (χ4n) is 1.96. The molecule has 0 bridgehead atoms. The van der Waals surface area contributed by atoms with Crippen LogP contribution in [0.15, 0.2) is 22.8 Å². The van der Waals surface area contributed by atoms with Gasteiger partial charge in [-0.25, -0.2) is 4.79 Å². The molecule has 0 unspecified atom stereocenters. The summed E-state index contributed by atoms with van der Waals surface area (Å²) in [6, 6.07) is 3.05. The van der Waals surface area contributed by atoms with E-state index in [2.05, 4.69) is 0 Å². The number of carbonyl (C=O) groups is 1. The second kappa shape index (κ2) is 9.20. The largest absolute Gasteiger partial charge is 0.460 e. The van der Waals surface area contributed by atoms with Gasteiger partial charge in [-0.2, -0.15) is 0 Å². The molecule has 0 aromatic carbocycles. The van der Waals surface area contributed by atoms with Crippen molar-refractivity contribution in [2.24, 2.45) is 0 Å². The SMILES string of the molecule is CCOP(=O)(OCC)C(CCOC(=O)c1ccco1)(OC)OC. The van der Waals surface area contributed by atoms with E-state index in [1.165, 1.54) is 26.5 Å². The molecule has 0 N–H and O–H groups in total. The van der Waals surface area contributed by atoms with Crippen LogP contribution in [0.25, 0.3) is 0 Å². The van der Waals surface area contributed by atoms with E-state index in [9.17, 15) is 9.36 Å². The van der Waals surface area contributed by atoms with E-state index in [4.69, 9.17) is 27.7 Å². The summed E-state index contributed by atoms with van der Waals surface area (Å²) in [4.78, 5) is 11.7. The van der Waals surface area contributed by atoms with Gasteiger partial charge in [0, 0.05) is 20.6 Å². The lowest BCUT2D eigenvalue weighted by Crippen LogP contribution is -2.37. The predicted molar refractivity (Wildman–Crippen MR) is 81.2 cm³/mol. The normalized spacial score (nSPS) is 12.3. The maximum Gasteiger partial charge on any atom is 0.389 e. The standard InChI is InChI=1S/C14H23O8P/c1-5-21-23(16,22-6-2)14(17-3,18-4)9-11-20-13(15)12-8-7-10-19-12/h7-8,10H,5-6,9,11H2,1-4H3. The molecule has 0 aliphatic heterocycles. The van der Waals surface area contributed by atoms with E-state index in [1.54, 1.807) is 19.9 Å². The molecule has 1 aromatic heterocycles. The number of hydrogen-bond donors (Lipinski definition) is 0. The van der Waals surface area contributed by atoms with Crippen molar-refractivity contribution in [2.45, 2.75) is 25.8 Å². The average Bonchev–Trinajstić information content (AvgIpc) is 3.06. The van der Waals surface area contributed by atoms with Gasteiger partial charge in [-0.15, -0.1) is 0 Å². The van der Waals surface area contributed by atoms with Crippen LogP contribution in [0.3, 0.4) is 0 Å². The molecule has 1 heterocycles. The number of furan rings is 1. The lowest BCUT2D eigenvalue weighted by Gasteiger charge is -2.35. The Morgan fingerprint density at radius 2 is 1.83 bits per heavy atom. The average molecular weight is 350 g/mol. The molecule has 0 aliphatic carbocycles. The van der Waals surface area contributed by atoms with E-state index in [0.29, 0.717) is 0 Å². The Balaban J connectivity index is 2.79. The third-order valence-corrected chi connectivity index (χ3v) is 5.65. The highest BCUT2D eigenvalue weighted by molar-refractivity contribution is 7.55. The Labute approximate surface area is 135 Å². The summed E-state index contributed by atoms with van der Waals surface area (Å²) >= 11 is 0. The molecule has 0 saturated heterocycles. The number of hydrogen-bond acceptors (Lipinski definition) is 8. The summed E-state index contributed by atoms with van der Waals surface area (Å²) in [6.07, 6.45) is 1.33. The lowest BCUT2D eigenvalue weighted by molar-refractivity contribution is -0.168. The predicted octanol–water partition coefficient (Wildman–Crippen LogP) is 3.04. The summed E-state index contributed by atoms with van der Waals surface area (Å²) in [5.41, 5.74) is -1.66. The lowest BCUT2D eigenvalue weighted by atomic mass is 10.4. The number of ether oxygens (including phenoxy) is 3. The summed E-state index contributed by atoms with van der Waals surface area (Å²) in [6.45, 7) is 3.54. The number of methoxy groups -OCH3 is 2. The minimum absolute atomic E-state index is 0.0380. The fourth-order valence-corrected chi connectivity index (χ4v) is 3.92. The van der Waals surface area contributed by atoms with Crippen LogP contribution >= 0.6 is 7.60 Å². The van der Waals surface area contributed by atoms with Crippen molar-refractivity contribution in [2.75, 3.05) is 34.0 Å². The van der Waals surface area contributed by atoms with E-state index in [0.717, 1.165) is 0 Å². The van der Waals surface area contributed by atoms with Crippen molar-refractivity contribution in [1.29, 1.82) is 0 Å². The Bertz CT molecular complexity index is 499. The molecule has 0 aliphatic rings. The molecule has 0 radical (unpaired) electrons. The fraction of sp³-hybridized carbons (Fsp3) is 0.643. The van der Waals surface area contributed by atoms with Crippen molar-refractivity contribution in [3.63, 3.8) is 0 Å². The summed E-state index contributed by atoms with van der Waals surface area (Å²) in [5, 5.41) is 0. The highest BCUT2D eigenvalue weighted by atomic mass is 31.2. The van der Waals surface area contributed by atoms with Gasteiger partial charge in [-0.3, -0.25) is 4.57 Å². The summed E-state index contributed by atoms with van der Waals surface area (Å²) < 4.78 is 44.1. The second-order valence-corrected chi connectivity index (χ2v) is 6.51. The minimum atomic E-state index is -3.74. The van der Waals surface area contributed by atoms with Gasteiger partial charge in [0.05, 0.1) is 26.1 Å². The van der Waals surface area contributed by atoms with Crippen LogP contribution in [-0.4, -0.2) is 45.5 Å². The van der Waals surface area contributed by atoms with Gasteiger partial charge in [0.25, 0.3) is 5.53 Å². The van der Waals surface area contributed by atoms with Crippen molar-refractivity contribution in [1.82, 2.24) is 0 Å². The Kier molecular flexibility index (Phi) is 7.94. The monoisotopic (exact) mass is 350 g/mol. The summed E-state index contributed by atoms with van der Waals surface area (Å²) in [5.74, 6) is -0.568. The van der Waals surface area contributed by atoms with E-state index in [1.807, 2.05) is 0 Å². The number of rotatable bonds is 11. The first kappa shape index (κ1) is 19.9. The van der Waals surface area contributed by atoms with Gasteiger partial charge in [0.1, 0.15) is 0 Å². The molecular weight excluding hydrogens is 327 g/mol. The van der Waals surface area contributed by atoms with Gasteiger partial charge in [-0.05, 0) is 26.0 Å². The smallest absolute Gasteiger partial charge is 0.389 e. The number of esters is 1. The molecule has 132 valence electrons. The van der Waals surface area contributed by atoms with Crippen molar-refractivity contribution >= 4 is 13.6 Å². The maximum absolute atomic E-state index is 12.9. The van der Waals surface area contributed by atoms with E-state index in [-0.39, 0.29) is 32.0 Å². The topological polar surface area (TPSA) is 93.4 Å². The summed E-state index contributed by atoms with van der Waals surface area (Å²) in [7, 11) is -1.10. The first-order valence-corrected chi connectivity index (χ1v) is 8.73. The third kappa shape index (κ3) is 4.65. The van der Waals surface area contributed by atoms with Crippen LogP contribution in [0.1, 0.15) is 30.8 Å². The van der Waals surface area contributed by atoms with Crippen molar-refractivity contribution in [3.8, 4) is 0 Å². The Morgan fingerprint density at radius 3 is 2.26 bits per heavy atom. The van der Waals surface area contributed by atoms with Crippen LogP contribution < -0.4 is 0 Å². The van der Waals surface area contributed by atoms with Crippen LogP contribution in [0.2, 0.25) is 0 Å². The highest BCUT2D eigenvalue weighted by Crippen LogP contribution is 2.62. The maximum atomic E-state index is 12.9.